The maximum atomic E-state index is 10.6. The number of nitrogen functional groups attached to an aromatic ring is 1. The molecule has 1 aliphatic rings. The number of aromatic nitrogens is 4. The zero-order valence-electron chi connectivity index (χ0n) is 14.3. The van der Waals surface area contributed by atoms with Crippen molar-refractivity contribution in [3.63, 3.8) is 0 Å². The number of hydrogen-bond acceptors (Lipinski definition) is 8. The molecule has 26 heavy (non-hydrogen) atoms. The van der Waals surface area contributed by atoms with Crippen LogP contribution >= 0.6 is 0 Å². The first-order valence-electron chi connectivity index (χ1n) is 8.26. The van der Waals surface area contributed by atoms with Crippen LogP contribution < -0.4 is 10.6 Å². The van der Waals surface area contributed by atoms with Crippen LogP contribution in [0, 0.1) is 11.8 Å². The predicted octanol–water partition coefficient (Wildman–Crippen LogP) is 2.78. The highest BCUT2D eigenvalue weighted by Gasteiger charge is 2.22. The number of hydrogen-bond donors (Lipinski definition) is 1. The molecule has 1 aromatic carbocycles. The highest BCUT2D eigenvalue weighted by Crippen LogP contribution is 2.28. The first-order chi connectivity index (χ1) is 12.6. The number of rotatable bonds is 3. The van der Waals surface area contributed by atoms with Gasteiger partial charge in [0, 0.05) is 29.4 Å². The number of benzene rings is 1. The lowest BCUT2D eigenvalue weighted by Gasteiger charge is -2.29. The molecular weight excluding hydrogens is 330 g/mol. The topological polar surface area (TPSA) is 110 Å². The van der Waals surface area contributed by atoms with Gasteiger partial charge in [-0.1, -0.05) is 0 Å². The van der Waals surface area contributed by atoms with Gasteiger partial charge in [0.1, 0.15) is 23.7 Å². The molecule has 0 atom stereocenters. The minimum Gasteiger partial charge on any atom is -0.383 e. The van der Waals surface area contributed by atoms with Crippen LogP contribution in [0.25, 0.3) is 11.4 Å². The molecule has 0 radical (unpaired) electrons. The average molecular weight is 347 g/mol. The molecule has 1 aliphatic heterocycles. The largest absolute Gasteiger partial charge is 0.383 e. The highest BCUT2D eigenvalue weighted by atomic mass is 16.3. The Hall–Kier alpha value is -3.42. The van der Waals surface area contributed by atoms with E-state index in [1.165, 1.54) is 0 Å². The Labute approximate surface area is 150 Å². The van der Waals surface area contributed by atoms with Crippen LogP contribution in [0.4, 0.5) is 17.3 Å². The Bertz CT molecular complexity index is 972. The lowest BCUT2D eigenvalue weighted by molar-refractivity contribution is 0.696. The Morgan fingerprint density at radius 3 is 2.69 bits per heavy atom. The molecule has 2 aromatic heterocycles. The van der Waals surface area contributed by atoms with E-state index in [4.69, 9.17) is 10.7 Å². The van der Waals surface area contributed by atoms with Crippen molar-refractivity contribution < 1.29 is 0 Å². The fraction of sp³-hybridized carbons (Fsp3) is 0.222. The Morgan fingerprint density at radius 1 is 1.15 bits per heavy atom. The first-order valence-corrected chi connectivity index (χ1v) is 8.26. The molecule has 130 valence electrons. The maximum absolute atomic E-state index is 10.6. The summed E-state index contributed by atoms with van der Waals surface area (Å²) < 4.78 is 0. The molecule has 4 rings (SSSR count). The molecular formula is C18H17N7O. The van der Waals surface area contributed by atoms with Gasteiger partial charge in [0.05, 0.1) is 12.2 Å². The molecule has 0 fully saturated rings. The third kappa shape index (κ3) is 2.97. The van der Waals surface area contributed by atoms with Crippen molar-refractivity contribution in [2.75, 3.05) is 17.2 Å². The second-order valence-electron chi connectivity index (χ2n) is 6.19. The molecule has 0 unspecified atom stereocenters. The maximum Gasteiger partial charge on any atom is 0.161 e. The highest BCUT2D eigenvalue weighted by molar-refractivity contribution is 5.62. The lowest BCUT2D eigenvalue weighted by atomic mass is 10.0. The van der Waals surface area contributed by atoms with Crippen LogP contribution in [0.1, 0.15) is 17.0 Å². The van der Waals surface area contributed by atoms with Crippen LogP contribution in [-0.2, 0) is 13.0 Å². The molecule has 3 aromatic rings. The summed E-state index contributed by atoms with van der Waals surface area (Å²) in [5.74, 6) is 1.92. The predicted molar refractivity (Wildman–Crippen MR) is 98.9 cm³/mol. The molecule has 0 saturated carbocycles. The summed E-state index contributed by atoms with van der Waals surface area (Å²) >= 11 is 0. The van der Waals surface area contributed by atoms with E-state index in [2.05, 4.69) is 25.0 Å². The summed E-state index contributed by atoms with van der Waals surface area (Å²) in [7, 11) is 0. The minimum absolute atomic E-state index is 0.366. The standard InChI is InChI=1S/C18H17N7O/c1-11-8-16(21-10-20-11)25-7-6-14-15(9-25)22-18(23-17(14)19)12-2-4-13(24-26)5-3-12/h2-5,8,10H,6-7,9H2,1H3,(H2,19,22,23). The summed E-state index contributed by atoms with van der Waals surface area (Å²) in [5.41, 5.74) is 10.1. The summed E-state index contributed by atoms with van der Waals surface area (Å²) in [5, 5.41) is 2.91. The molecule has 2 N–H and O–H groups in total. The Balaban J connectivity index is 1.69. The fourth-order valence-electron chi connectivity index (χ4n) is 3.07. The molecule has 0 spiro atoms. The van der Waals surface area contributed by atoms with Crippen molar-refractivity contribution in [1.82, 2.24) is 19.9 Å². The van der Waals surface area contributed by atoms with Gasteiger partial charge >= 0.3 is 0 Å². The molecule has 0 saturated heterocycles. The van der Waals surface area contributed by atoms with Crippen LogP contribution in [-0.4, -0.2) is 26.5 Å². The summed E-state index contributed by atoms with van der Waals surface area (Å²) in [6, 6.07) is 8.77. The van der Waals surface area contributed by atoms with Gasteiger partial charge in [0.2, 0.25) is 0 Å². The van der Waals surface area contributed by atoms with Gasteiger partial charge in [-0.25, -0.2) is 19.9 Å². The summed E-state index contributed by atoms with van der Waals surface area (Å²) in [4.78, 5) is 30.4. The van der Waals surface area contributed by atoms with E-state index in [1.807, 2.05) is 13.0 Å². The molecule has 0 aliphatic carbocycles. The van der Waals surface area contributed by atoms with E-state index in [-0.39, 0.29) is 0 Å². The van der Waals surface area contributed by atoms with E-state index < -0.39 is 0 Å². The molecule has 0 bridgehead atoms. The van der Waals surface area contributed by atoms with E-state index in [0.29, 0.717) is 23.9 Å². The van der Waals surface area contributed by atoms with Gasteiger partial charge < -0.3 is 10.6 Å². The number of anilines is 2. The summed E-state index contributed by atoms with van der Waals surface area (Å²) in [6.07, 6.45) is 2.33. The van der Waals surface area contributed by atoms with Crippen molar-refractivity contribution in [1.29, 1.82) is 0 Å². The van der Waals surface area contributed by atoms with Gasteiger partial charge in [-0.3, -0.25) is 0 Å². The van der Waals surface area contributed by atoms with Gasteiger partial charge in [-0.05, 0) is 42.8 Å². The molecule has 8 heteroatoms. The van der Waals surface area contributed by atoms with Crippen LogP contribution in [0.2, 0.25) is 0 Å². The van der Waals surface area contributed by atoms with Gasteiger partial charge in [-0.2, -0.15) is 0 Å². The third-order valence-electron chi connectivity index (χ3n) is 4.44. The first kappa shape index (κ1) is 16.1. The SMILES string of the molecule is Cc1cc(N2CCc3c(N)nc(-c4ccc(N=O)cc4)nc3C2)ncn1. The van der Waals surface area contributed by atoms with Gasteiger partial charge in [0.25, 0.3) is 0 Å². The second-order valence-corrected chi connectivity index (χ2v) is 6.19. The van der Waals surface area contributed by atoms with Crippen LogP contribution in [0.5, 0.6) is 0 Å². The normalized spacial score (nSPS) is 13.3. The van der Waals surface area contributed by atoms with Crippen molar-refractivity contribution >= 4 is 17.3 Å². The monoisotopic (exact) mass is 347 g/mol. The van der Waals surface area contributed by atoms with Crippen LogP contribution in [0.3, 0.4) is 0 Å². The number of nitroso groups, excluding NO2 is 1. The van der Waals surface area contributed by atoms with E-state index >= 15 is 0 Å². The Kier molecular flexibility index (Phi) is 4.00. The summed E-state index contributed by atoms with van der Waals surface area (Å²) in [6.45, 7) is 3.36. The third-order valence-corrected chi connectivity index (χ3v) is 4.44. The van der Waals surface area contributed by atoms with E-state index in [1.54, 1.807) is 30.6 Å². The zero-order chi connectivity index (χ0) is 18.1. The molecule has 8 nitrogen and oxygen atoms in total. The molecule has 0 amide bonds. The number of nitrogens with zero attached hydrogens (tertiary/aromatic N) is 6. The molecule has 3 heterocycles. The fourth-order valence-corrected chi connectivity index (χ4v) is 3.07. The van der Waals surface area contributed by atoms with Gasteiger partial charge in [0.15, 0.2) is 5.82 Å². The van der Waals surface area contributed by atoms with Crippen molar-refractivity contribution in [2.45, 2.75) is 19.9 Å². The van der Waals surface area contributed by atoms with Crippen molar-refractivity contribution in [3.8, 4) is 11.4 Å². The van der Waals surface area contributed by atoms with Crippen molar-refractivity contribution in [2.24, 2.45) is 5.18 Å². The van der Waals surface area contributed by atoms with Crippen LogP contribution in [0.15, 0.2) is 41.8 Å². The number of fused-ring (bicyclic) bond motifs is 1. The smallest absolute Gasteiger partial charge is 0.161 e. The van der Waals surface area contributed by atoms with Crippen molar-refractivity contribution in [3.05, 3.63) is 58.5 Å². The lowest BCUT2D eigenvalue weighted by Crippen LogP contribution is -2.32. The van der Waals surface area contributed by atoms with Gasteiger partial charge in [-0.15, -0.1) is 4.91 Å². The van der Waals surface area contributed by atoms with E-state index in [0.717, 1.165) is 41.3 Å². The Morgan fingerprint density at radius 2 is 1.96 bits per heavy atom. The minimum atomic E-state index is 0.366. The number of nitrogens with two attached hydrogens (primary N) is 1. The zero-order valence-corrected chi connectivity index (χ0v) is 14.3. The average Bonchev–Trinajstić information content (AvgIpc) is 2.67. The quantitative estimate of drug-likeness (QED) is 0.725. The number of aryl methyl sites for hydroxylation is 1. The second kappa shape index (κ2) is 6.47. The van der Waals surface area contributed by atoms with E-state index in [9.17, 15) is 4.91 Å².